The van der Waals surface area contributed by atoms with E-state index >= 15 is 0 Å². The average molecular weight is 385 g/mol. The summed E-state index contributed by atoms with van der Waals surface area (Å²) in [6.07, 6.45) is 16.5. The number of amides is 1. The van der Waals surface area contributed by atoms with Crippen molar-refractivity contribution in [1.82, 2.24) is 9.96 Å². The molecule has 0 saturated heterocycles. The van der Waals surface area contributed by atoms with Crippen molar-refractivity contribution in [3.8, 4) is 0 Å². The van der Waals surface area contributed by atoms with Gasteiger partial charge in [0.25, 0.3) is 0 Å². The van der Waals surface area contributed by atoms with Gasteiger partial charge in [-0.1, -0.05) is 58.3 Å². The maximum Gasteiger partial charge on any atom is 0.242 e. The first-order chi connectivity index (χ1) is 13.2. The molecule has 5 heteroatoms. The van der Waals surface area contributed by atoms with Crippen molar-refractivity contribution < 1.29 is 14.4 Å². The SMILES string of the molecule is CCCCCCCCN(CCCCCCCC=O)CCCN(OC)C(C)=O. The van der Waals surface area contributed by atoms with Crippen molar-refractivity contribution in [3.63, 3.8) is 0 Å². The van der Waals surface area contributed by atoms with Crippen molar-refractivity contribution in [1.29, 1.82) is 0 Å². The Bertz CT molecular complexity index is 350. The van der Waals surface area contributed by atoms with Gasteiger partial charge in [0.15, 0.2) is 0 Å². The molecule has 0 saturated carbocycles. The number of nitrogens with zero attached hydrogens (tertiary/aromatic N) is 2. The zero-order valence-corrected chi connectivity index (χ0v) is 18.2. The van der Waals surface area contributed by atoms with Gasteiger partial charge in [0, 0.05) is 19.9 Å². The highest BCUT2D eigenvalue weighted by Crippen LogP contribution is 2.09. The Morgan fingerprint density at radius 2 is 1.30 bits per heavy atom. The fourth-order valence-electron chi connectivity index (χ4n) is 3.36. The normalized spacial score (nSPS) is 11.1. The summed E-state index contributed by atoms with van der Waals surface area (Å²) in [6, 6.07) is 0. The Balaban J connectivity index is 4.04. The first-order valence-corrected chi connectivity index (χ1v) is 11.1. The first kappa shape index (κ1) is 26.1. The van der Waals surface area contributed by atoms with Crippen molar-refractivity contribution in [2.75, 3.05) is 33.3 Å². The molecular weight excluding hydrogens is 340 g/mol. The van der Waals surface area contributed by atoms with Gasteiger partial charge in [-0.25, -0.2) is 5.06 Å². The number of hydrogen-bond acceptors (Lipinski definition) is 4. The van der Waals surface area contributed by atoms with Gasteiger partial charge in [0.2, 0.25) is 5.91 Å². The van der Waals surface area contributed by atoms with E-state index < -0.39 is 0 Å². The van der Waals surface area contributed by atoms with Gasteiger partial charge < -0.3 is 9.69 Å². The summed E-state index contributed by atoms with van der Waals surface area (Å²) < 4.78 is 0. The topological polar surface area (TPSA) is 49.9 Å². The van der Waals surface area contributed by atoms with E-state index in [4.69, 9.17) is 4.84 Å². The van der Waals surface area contributed by atoms with E-state index in [1.165, 1.54) is 62.9 Å². The lowest BCUT2D eigenvalue weighted by Crippen LogP contribution is -2.33. The van der Waals surface area contributed by atoms with Crippen LogP contribution < -0.4 is 0 Å². The Kier molecular flexibility index (Phi) is 19.1. The van der Waals surface area contributed by atoms with Gasteiger partial charge in [-0.3, -0.25) is 9.63 Å². The molecule has 0 aromatic carbocycles. The van der Waals surface area contributed by atoms with Crippen LogP contribution in [0.4, 0.5) is 0 Å². The second kappa shape index (κ2) is 19.8. The molecule has 160 valence electrons. The van der Waals surface area contributed by atoms with Gasteiger partial charge in [0.1, 0.15) is 6.29 Å². The summed E-state index contributed by atoms with van der Waals surface area (Å²) in [5.41, 5.74) is 0. The smallest absolute Gasteiger partial charge is 0.242 e. The van der Waals surface area contributed by atoms with Crippen LogP contribution in [-0.4, -0.2) is 55.4 Å². The summed E-state index contributed by atoms with van der Waals surface area (Å²) in [6.45, 7) is 7.77. The van der Waals surface area contributed by atoms with Gasteiger partial charge in [-0.05, 0) is 45.3 Å². The van der Waals surface area contributed by atoms with Gasteiger partial charge in [-0.15, -0.1) is 0 Å². The van der Waals surface area contributed by atoms with E-state index in [0.717, 1.165) is 45.2 Å². The highest BCUT2D eigenvalue weighted by Gasteiger charge is 2.09. The second-order valence-electron chi connectivity index (χ2n) is 7.49. The second-order valence-corrected chi connectivity index (χ2v) is 7.49. The van der Waals surface area contributed by atoms with E-state index in [-0.39, 0.29) is 5.91 Å². The molecule has 5 nitrogen and oxygen atoms in total. The summed E-state index contributed by atoms with van der Waals surface area (Å²) in [4.78, 5) is 29.4. The van der Waals surface area contributed by atoms with Crippen LogP contribution in [0.5, 0.6) is 0 Å². The van der Waals surface area contributed by atoms with Crippen LogP contribution in [0, 0.1) is 0 Å². The summed E-state index contributed by atoms with van der Waals surface area (Å²) in [7, 11) is 1.56. The zero-order valence-electron chi connectivity index (χ0n) is 18.2. The van der Waals surface area contributed by atoms with Gasteiger partial charge in [0.05, 0.1) is 7.11 Å². The molecule has 27 heavy (non-hydrogen) atoms. The zero-order chi connectivity index (χ0) is 20.2. The maximum absolute atomic E-state index is 11.4. The number of hydrogen-bond donors (Lipinski definition) is 0. The third-order valence-electron chi connectivity index (χ3n) is 5.03. The molecule has 0 unspecified atom stereocenters. The van der Waals surface area contributed by atoms with E-state index in [1.54, 1.807) is 14.0 Å². The molecule has 0 aliphatic heterocycles. The minimum Gasteiger partial charge on any atom is -0.303 e. The van der Waals surface area contributed by atoms with E-state index in [1.807, 2.05) is 0 Å². The van der Waals surface area contributed by atoms with Crippen LogP contribution in [-0.2, 0) is 14.4 Å². The molecule has 0 aromatic heterocycles. The van der Waals surface area contributed by atoms with E-state index in [9.17, 15) is 9.59 Å². The van der Waals surface area contributed by atoms with Crippen molar-refractivity contribution in [2.24, 2.45) is 0 Å². The quantitative estimate of drug-likeness (QED) is 0.169. The summed E-state index contributed by atoms with van der Waals surface area (Å²) >= 11 is 0. The lowest BCUT2D eigenvalue weighted by molar-refractivity contribution is -0.173. The number of unbranched alkanes of at least 4 members (excludes halogenated alkanes) is 10. The molecule has 0 radical (unpaired) electrons. The van der Waals surface area contributed by atoms with Crippen LogP contribution in [0.25, 0.3) is 0 Å². The van der Waals surface area contributed by atoms with E-state index in [0.29, 0.717) is 13.0 Å². The highest BCUT2D eigenvalue weighted by molar-refractivity contribution is 5.71. The molecule has 0 aliphatic carbocycles. The average Bonchev–Trinajstić information content (AvgIpc) is 2.66. The summed E-state index contributed by atoms with van der Waals surface area (Å²) in [5.74, 6) is -0.0321. The number of hydroxylamine groups is 2. The third-order valence-corrected chi connectivity index (χ3v) is 5.03. The van der Waals surface area contributed by atoms with Crippen LogP contribution in [0.1, 0.15) is 97.3 Å². The number of carbonyl (C=O) groups is 2. The van der Waals surface area contributed by atoms with Crippen LogP contribution in [0.3, 0.4) is 0 Å². The molecule has 0 N–H and O–H groups in total. The molecular formula is C22H44N2O3. The van der Waals surface area contributed by atoms with Gasteiger partial charge >= 0.3 is 0 Å². The molecule has 0 aromatic rings. The fraction of sp³-hybridized carbons (Fsp3) is 0.909. The van der Waals surface area contributed by atoms with Crippen molar-refractivity contribution >= 4 is 12.2 Å². The molecule has 0 heterocycles. The fourth-order valence-corrected chi connectivity index (χ4v) is 3.36. The van der Waals surface area contributed by atoms with Crippen LogP contribution in [0.2, 0.25) is 0 Å². The maximum atomic E-state index is 11.4. The standard InChI is InChI=1S/C22H44N2O3/c1-4-5-6-7-10-13-17-23(18-14-11-8-9-12-15-21-25)19-16-20-24(27-3)22(2)26/h21H,4-20H2,1-3H3. The molecule has 0 rings (SSSR count). The lowest BCUT2D eigenvalue weighted by atomic mass is 10.1. The minimum atomic E-state index is -0.0321. The summed E-state index contributed by atoms with van der Waals surface area (Å²) in [5, 5.41) is 1.44. The van der Waals surface area contributed by atoms with E-state index in [2.05, 4.69) is 11.8 Å². The van der Waals surface area contributed by atoms with Gasteiger partial charge in [-0.2, -0.15) is 0 Å². The third kappa shape index (κ3) is 16.9. The van der Waals surface area contributed by atoms with Crippen molar-refractivity contribution in [3.05, 3.63) is 0 Å². The Hall–Kier alpha value is -0.940. The first-order valence-electron chi connectivity index (χ1n) is 11.1. The molecule has 0 aliphatic rings. The Morgan fingerprint density at radius 1 is 0.778 bits per heavy atom. The number of aldehydes is 1. The largest absolute Gasteiger partial charge is 0.303 e. The predicted octanol–water partition coefficient (Wildman–Crippen LogP) is 4.99. The highest BCUT2D eigenvalue weighted by atomic mass is 16.7. The van der Waals surface area contributed by atoms with Crippen LogP contribution >= 0.6 is 0 Å². The molecule has 1 amide bonds. The number of rotatable bonds is 20. The van der Waals surface area contributed by atoms with Crippen LogP contribution in [0.15, 0.2) is 0 Å². The predicted molar refractivity (Wildman–Crippen MR) is 113 cm³/mol. The molecule has 0 spiro atoms. The molecule has 0 atom stereocenters. The van der Waals surface area contributed by atoms with Crippen molar-refractivity contribution in [2.45, 2.75) is 97.3 Å². The monoisotopic (exact) mass is 384 g/mol. The lowest BCUT2D eigenvalue weighted by Gasteiger charge is -2.24. The molecule has 0 bridgehead atoms. The molecule has 0 fully saturated rings. The Morgan fingerprint density at radius 3 is 1.81 bits per heavy atom. The minimum absolute atomic E-state index is 0.0321. The Labute approximate surface area is 167 Å². The number of carbonyl (C=O) groups excluding carboxylic acids is 2.